The third-order valence-corrected chi connectivity index (χ3v) is 4.91. The monoisotopic (exact) mass is 397 g/mol. The van der Waals surface area contributed by atoms with Crippen molar-refractivity contribution in [2.45, 2.75) is 12.8 Å². The molecule has 0 aromatic heterocycles. The highest BCUT2D eigenvalue weighted by Gasteiger charge is 2.27. The summed E-state index contributed by atoms with van der Waals surface area (Å²) in [5, 5.41) is 12.4. The fraction of sp³-hybridized carbons (Fsp3) is 0.286. The molecule has 2 amide bonds. The van der Waals surface area contributed by atoms with Crippen LogP contribution in [0.15, 0.2) is 48.5 Å². The highest BCUT2D eigenvalue weighted by atomic mass is 35.5. The molecule has 0 saturated carbocycles. The number of nitriles is 1. The minimum Gasteiger partial charge on any atom is -0.484 e. The molecule has 1 N–H and O–H groups in total. The number of likely N-dealkylation sites (tertiary alicyclic amines) is 1. The van der Waals surface area contributed by atoms with Gasteiger partial charge >= 0.3 is 0 Å². The van der Waals surface area contributed by atoms with Gasteiger partial charge in [-0.1, -0.05) is 17.7 Å². The number of hydrogen-bond acceptors (Lipinski definition) is 4. The zero-order chi connectivity index (χ0) is 19.9. The highest BCUT2D eigenvalue weighted by Crippen LogP contribution is 2.21. The smallest absolute Gasteiger partial charge is 0.260 e. The Morgan fingerprint density at radius 2 is 1.89 bits per heavy atom. The van der Waals surface area contributed by atoms with Crippen LogP contribution in [0, 0.1) is 17.2 Å². The number of anilines is 1. The maximum atomic E-state index is 12.4. The van der Waals surface area contributed by atoms with E-state index in [0.717, 1.165) is 0 Å². The second kappa shape index (κ2) is 9.25. The van der Waals surface area contributed by atoms with Crippen LogP contribution in [-0.2, 0) is 9.59 Å². The zero-order valence-electron chi connectivity index (χ0n) is 15.2. The van der Waals surface area contributed by atoms with Gasteiger partial charge in [0.05, 0.1) is 11.6 Å². The first-order valence-electron chi connectivity index (χ1n) is 9.02. The number of benzene rings is 2. The van der Waals surface area contributed by atoms with E-state index in [-0.39, 0.29) is 24.3 Å². The quantitative estimate of drug-likeness (QED) is 0.837. The van der Waals surface area contributed by atoms with E-state index in [2.05, 4.69) is 11.4 Å². The normalized spacial score (nSPS) is 14.2. The van der Waals surface area contributed by atoms with Gasteiger partial charge in [0.2, 0.25) is 5.91 Å². The maximum absolute atomic E-state index is 12.4. The number of hydrogen-bond donors (Lipinski definition) is 1. The predicted octanol–water partition coefficient (Wildman–Crippen LogP) is 3.47. The SMILES string of the molecule is N#Cc1cccc(NC(=O)C2CCN(C(=O)COc3ccc(Cl)cc3)CC2)c1. The largest absolute Gasteiger partial charge is 0.484 e. The van der Waals surface area contributed by atoms with E-state index < -0.39 is 0 Å². The average molecular weight is 398 g/mol. The molecule has 0 atom stereocenters. The Morgan fingerprint density at radius 1 is 1.18 bits per heavy atom. The van der Waals surface area contributed by atoms with Gasteiger partial charge in [-0.15, -0.1) is 0 Å². The molecule has 0 spiro atoms. The van der Waals surface area contributed by atoms with Crippen LogP contribution >= 0.6 is 11.6 Å². The molecular weight excluding hydrogens is 378 g/mol. The number of nitrogens with one attached hydrogen (secondary N) is 1. The van der Waals surface area contributed by atoms with Crippen LogP contribution in [0.4, 0.5) is 5.69 Å². The van der Waals surface area contributed by atoms with Crippen molar-refractivity contribution in [2.75, 3.05) is 25.0 Å². The van der Waals surface area contributed by atoms with E-state index in [1.54, 1.807) is 53.4 Å². The van der Waals surface area contributed by atoms with Gasteiger partial charge in [0.1, 0.15) is 5.75 Å². The number of halogens is 1. The Labute approximate surface area is 168 Å². The lowest BCUT2D eigenvalue weighted by Gasteiger charge is -2.31. The molecule has 1 heterocycles. The predicted molar refractivity (Wildman–Crippen MR) is 106 cm³/mol. The summed E-state index contributed by atoms with van der Waals surface area (Å²) in [4.78, 5) is 26.5. The van der Waals surface area contributed by atoms with Crippen molar-refractivity contribution in [2.24, 2.45) is 5.92 Å². The van der Waals surface area contributed by atoms with E-state index in [1.165, 1.54) is 0 Å². The van der Waals surface area contributed by atoms with Crippen molar-refractivity contribution < 1.29 is 14.3 Å². The van der Waals surface area contributed by atoms with Gasteiger partial charge in [0.15, 0.2) is 6.61 Å². The van der Waals surface area contributed by atoms with Crippen molar-refractivity contribution in [3.63, 3.8) is 0 Å². The van der Waals surface area contributed by atoms with Gasteiger partial charge in [-0.25, -0.2) is 0 Å². The number of nitrogens with zero attached hydrogens (tertiary/aromatic N) is 2. The number of carbonyl (C=O) groups excluding carboxylic acids is 2. The summed E-state index contributed by atoms with van der Waals surface area (Å²) in [5.74, 6) is 0.244. The molecule has 1 aliphatic heterocycles. The molecule has 0 radical (unpaired) electrons. The molecule has 6 nitrogen and oxygen atoms in total. The minimum absolute atomic E-state index is 0.0422. The molecular formula is C21H20ClN3O3. The van der Waals surface area contributed by atoms with E-state index in [4.69, 9.17) is 21.6 Å². The van der Waals surface area contributed by atoms with Crippen molar-refractivity contribution in [1.82, 2.24) is 4.90 Å². The number of piperidine rings is 1. The maximum Gasteiger partial charge on any atom is 0.260 e. The lowest BCUT2D eigenvalue weighted by Crippen LogP contribution is -2.43. The molecule has 1 fully saturated rings. The number of rotatable bonds is 5. The molecule has 144 valence electrons. The Balaban J connectivity index is 1.45. The molecule has 0 bridgehead atoms. The second-order valence-electron chi connectivity index (χ2n) is 6.58. The fourth-order valence-electron chi connectivity index (χ4n) is 3.07. The first-order valence-corrected chi connectivity index (χ1v) is 9.40. The number of carbonyl (C=O) groups is 2. The molecule has 7 heteroatoms. The lowest BCUT2D eigenvalue weighted by atomic mass is 9.95. The van der Waals surface area contributed by atoms with Gasteiger partial charge in [0.25, 0.3) is 5.91 Å². The summed E-state index contributed by atoms with van der Waals surface area (Å²) in [5.41, 5.74) is 1.11. The molecule has 2 aromatic carbocycles. The summed E-state index contributed by atoms with van der Waals surface area (Å²) in [6, 6.07) is 15.7. The number of amides is 2. The third kappa shape index (κ3) is 5.24. The number of ether oxygens (including phenoxy) is 1. The minimum atomic E-state index is -0.160. The Hall–Kier alpha value is -3.04. The summed E-state index contributed by atoms with van der Waals surface area (Å²) in [6.07, 6.45) is 1.19. The lowest BCUT2D eigenvalue weighted by molar-refractivity contribution is -0.136. The van der Waals surface area contributed by atoms with Gasteiger partial charge in [-0.3, -0.25) is 9.59 Å². The second-order valence-corrected chi connectivity index (χ2v) is 7.02. The van der Waals surface area contributed by atoms with Gasteiger partial charge in [0, 0.05) is 29.7 Å². The summed E-state index contributed by atoms with van der Waals surface area (Å²) in [6.45, 7) is 0.984. The van der Waals surface area contributed by atoms with Crippen LogP contribution in [0.5, 0.6) is 5.75 Å². The van der Waals surface area contributed by atoms with E-state index in [0.29, 0.717) is 48.0 Å². The average Bonchev–Trinajstić information content (AvgIpc) is 2.73. The third-order valence-electron chi connectivity index (χ3n) is 4.65. The van der Waals surface area contributed by atoms with Crippen LogP contribution in [0.2, 0.25) is 5.02 Å². The molecule has 1 aliphatic rings. The van der Waals surface area contributed by atoms with Crippen molar-refractivity contribution >= 4 is 29.1 Å². The molecule has 0 unspecified atom stereocenters. The van der Waals surface area contributed by atoms with Gasteiger partial charge < -0.3 is 15.0 Å². The van der Waals surface area contributed by atoms with Crippen molar-refractivity contribution in [3.05, 3.63) is 59.1 Å². The molecule has 0 aliphatic carbocycles. The summed E-state index contributed by atoms with van der Waals surface area (Å²) < 4.78 is 5.50. The van der Waals surface area contributed by atoms with E-state index in [9.17, 15) is 9.59 Å². The first-order chi connectivity index (χ1) is 13.5. The zero-order valence-corrected chi connectivity index (χ0v) is 16.0. The van der Waals surface area contributed by atoms with Crippen molar-refractivity contribution in [3.8, 4) is 11.8 Å². The van der Waals surface area contributed by atoms with Crippen LogP contribution in [0.3, 0.4) is 0 Å². The van der Waals surface area contributed by atoms with Crippen LogP contribution in [0.1, 0.15) is 18.4 Å². The topological polar surface area (TPSA) is 82.4 Å². The van der Waals surface area contributed by atoms with E-state index >= 15 is 0 Å². The highest BCUT2D eigenvalue weighted by molar-refractivity contribution is 6.30. The Kier molecular flexibility index (Phi) is 6.51. The van der Waals surface area contributed by atoms with Crippen LogP contribution in [-0.4, -0.2) is 36.4 Å². The van der Waals surface area contributed by atoms with E-state index in [1.807, 2.05) is 0 Å². The summed E-state index contributed by atoms with van der Waals surface area (Å²) in [7, 11) is 0. The first kappa shape index (κ1) is 19.7. The molecule has 1 saturated heterocycles. The van der Waals surface area contributed by atoms with Crippen molar-refractivity contribution in [1.29, 1.82) is 5.26 Å². The van der Waals surface area contributed by atoms with Crippen LogP contribution in [0.25, 0.3) is 0 Å². The Bertz CT molecular complexity index is 885. The molecule has 28 heavy (non-hydrogen) atoms. The fourth-order valence-corrected chi connectivity index (χ4v) is 3.20. The van der Waals surface area contributed by atoms with Gasteiger partial charge in [-0.05, 0) is 55.3 Å². The molecule has 3 rings (SSSR count). The standard InChI is InChI=1S/C21H20ClN3O3/c22-17-4-6-19(7-5-17)28-14-20(26)25-10-8-16(9-11-25)21(27)24-18-3-1-2-15(12-18)13-23/h1-7,12,16H,8-11,14H2,(H,24,27). The van der Waals surface area contributed by atoms with Crippen LogP contribution < -0.4 is 10.1 Å². The molecule has 2 aromatic rings. The Morgan fingerprint density at radius 3 is 2.57 bits per heavy atom. The summed E-state index contributed by atoms with van der Waals surface area (Å²) >= 11 is 5.82. The van der Waals surface area contributed by atoms with Gasteiger partial charge in [-0.2, -0.15) is 5.26 Å².